The third kappa shape index (κ3) is 7.10. The van der Waals surface area contributed by atoms with Crippen molar-refractivity contribution >= 4 is 29.4 Å². The van der Waals surface area contributed by atoms with Gasteiger partial charge in [-0.3, -0.25) is 9.59 Å². The van der Waals surface area contributed by atoms with Crippen LogP contribution in [0.5, 0.6) is 17.2 Å². The lowest BCUT2D eigenvalue weighted by Gasteiger charge is -2.17. The fourth-order valence-electron chi connectivity index (χ4n) is 2.67. The first-order chi connectivity index (χ1) is 15.6. The highest BCUT2D eigenvalue weighted by molar-refractivity contribution is 6.00. The number of esters is 1. The predicted molar refractivity (Wildman–Crippen MR) is 125 cm³/mol. The Kier molecular flexibility index (Phi) is 8.62. The Morgan fingerprint density at radius 1 is 0.879 bits per heavy atom. The van der Waals surface area contributed by atoms with E-state index in [9.17, 15) is 14.4 Å². The first-order valence-corrected chi connectivity index (χ1v) is 10.2. The normalized spacial score (nSPS) is 11.1. The minimum atomic E-state index is -0.686. The van der Waals surface area contributed by atoms with Crippen LogP contribution in [0.15, 0.2) is 42.5 Å². The number of hydrogen-bond acceptors (Lipinski definition) is 7. The molecule has 0 aromatic heterocycles. The number of anilines is 1. The van der Waals surface area contributed by atoms with E-state index in [0.29, 0.717) is 34.1 Å². The molecule has 0 saturated carbocycles. The zero-order valence-electron chi connectivity index (χ0n) is 19.7. The van der Waals surface area contributed by atoms with Crippen molar-refractivity contribution in [3.05, 3.63) is 53.6 Å². The molecule has 0 saturated heterocycles. The van der Waals surface area contributed by atoms with Crippen LogP contribution in [0, 0.1) is 5.41 Å². The van der Waals surface area contributed by atoms with E-state index in [1.54, 1.807) is 36.4 Å². The maximum atomic E-state index is 12.3. The van der Waals surface area contributed by atoms with Crippen molar-refractivity contribution < 1.29 is 33.3 Å². The second-order valence-electron chi connectivity index (χ2n) is 8.09. The Bertz CT molecular complexity index is 1030. The zero-order valence-corrected chi connectivity index (χ0v) is 19.7. The standard InChI is InChI=1S/C25H29NO7/c1-25(2,3)24(29)26-18-10-7-16(8-11-18)19(27)15-33-23(28)12-9-17-13-21(31-5)22(32-6)14-20(17)30-4/h7-14H,15H2,1-6H3,(H,26,29)/b12-9+. The molecule has 1 N–H and O–H groups in total. The number of ketones is 1. The number of carbonyl (C=O) groups is 3. The number of carbonyl (C=O) groups excluding carboxylic acids is 3. The molecule has 0 aliphatic heterocycles. The van der Waals surface area contributed by atoms with Crippen LogP contribution in [0.25, 0.3) is 6.08 Å². The van der Waals surface area contributed by atoms with Gasteiger partial charge in [-0.25, -0.2) is 4.79 Å². The van der Waals surface area contributed by atoms with Crippen LogP contribution >= 0.6 is 0 Å². The summed E-state index contributed by atoms with van der Waals surface area (Å²) in [6.45, 7) is 5.01. The quantitative estimate of drug-likeness (QED) is 0.345. The van der Waals surface area contributed by atoms with Crippen LogP contribution in [0.4, 0.5) is 5.69 Å². The summed E-state index contributed by atoms with van der Waals surface area (Å²) in [6, 6.07) is 9.69. The molecule has 0 bridgehead atoms. The van der Waals surface area contributed by atoms with E-state index >= 15 is 0 Å². The fraction of sp³-hybridized carbons (Fsp3) is 0.320. The van der Waals surface area contributed by atoms with Gasteiger partial charge in [0.1, 0.15) is 5.75 Å². The second kappa shape index (κ2) is 11.2. The molecule has 0 atom stereocenters. The number of methoxy groups -OCH3 is 3. The van der Waals surface area contributed by atoms with Gasteiger partial charge in [0.25, 0.3) is 0 Å². The molecule has 2 aromatic rings. The predicted octanol–water partition coefficient (Wildman–Crippen LogP) is 4.14. The van der Waals surface area contributed by atoms with E-state index in [1.807, 2.05) is 20.8 Å². The first kappa shape index (κ1) is 25.5. The number of Topliss-reactive ketones (excluding diaryl/α,β-unsaturated/α-hetero) is 1. The molecule has 176 valence electrons. The highest BCUT2D eigenvalue weighted by Crippen LogP contribution is 2.35. The molecule has 0 aliphatic rings. The summed E-state index contributed by atoms with van der Waals surface area (Å²) in [5, 5.41) is 2.78. The lowest BCUT2D eigenvalue weighted by atomic mass is 9.95. The largest absolute Gasteiger partial charge is 0.496 e. The average Bonchev–Trinajstić information content (AvgIpc) is 2.80. The van der Waals surface area contributed by atoms with Gasteiger partial charge < -0.3 is 24.3 Å². The Balaban J connectivity index is 1.97. The average molecular weight is 456 g/mol. The molecule has 33 heavy (non-hydrogen) atoms. The highest BCUT2D eigenvalue weighted by Gasteiger charge is 2.21. The monoisotopic (exact) mass is 455 g/mol. The highest BCUT2D eigenvalue weighted by atomic mass is 16.5. The first-order valence-electron chi connectivity index (χ1n) is 10.2. The summed E-state index contributed by atoms with van der Waals surface area (Å²) in [5.41, 5.74) is 0.987. The summed E-state index contributed by atoms with van der Waals surface area (Å²) in [7, 11) is 4.51. The van der Waals surface area contributed by atoms with E-state index in [2.05, 4.69) is 5.32 Å². The van der Waals surface area contributed by atoms with Crippen molar-refractivity contribution in [2.24, 2.45) is 5.41 Å². The molecule has 8 nitrogen and oxygen atoms in total. The smallest absolute Gasteiger partial charge is 0.331 e. The third-order valence-electron chi connectivity index (χ3n) is 4.63. The van der Waals surface area contributed by atoms with E-state index in [1.165, 1.54) is 33.5 Å². The summed E-state index contributed by atoms with van der Waals surface area (Å²) in [5.74, 6) is 0.260. The van der Waals surface area contributed by atoms with Crippen LogP contribution in [-0.2, 0) is 14.3 Å². The summed E-state index contributed by atoms with van der Waals surface area (Å²) < 4.78 is 20.8. The van der Waals surface area contributed by atoms with Gasteiger partial charge in [0, 0.05) is 34.4 Å². The topological polar surface area (TPSA) is 100 Å². The molecule has 8 heteroatoms. The van der Waals surface area contributed by atoms with Crippen molar-refractivity contribution in [2.75, 3.05) is 33.3 Å². The Morgan fingerprint density at radius 2 is 1.45 bits per heavy atom. The van der Waals surface area contributed by atoms with Gasteiger partial charge in [-0.15, -0.1) is 0 Å². The van der Waals surface area contributed by atoms with Gasteiger partial charge >= 0.3 is 5.97 Å². The number of hydrogen-bond donors (Lipinski definition) is 1. The van der Waals surface area contributed by atoms with E-state index in [-0.39, 0.29) is 11.7 Å². The van der Waals surface area contributed by atoms with Crippen molar-refractivity contribution in [3.8, 4) is 17.2 Å². The third-order valence-corrected chi connectivity index (χ3v) is 4.63. The molecule has 1 amide bonds. The molecule has 2 aromatic carbocycles. The van der Waals surface area contributed by atoms with Crippen molar-refractivity contribution in [3.63, 3.8) is 0 Å². The number of benzene rings is 2. The van der Waals surface area contributed by atoms with Gasteiger partial charge in [0.2, 0.25) is 5.91 Å². The van der Waals surface area contributed by atoms with Crippen LogP contribution < -0.4 is 19.5 Å². The number of amides is 1. The molecule has 0 spiro atoms. The van der Waals surface area contributed by atoms with Crippen molar-refractivity contribution in [2.45, 2.75) is 20.8 Å². The van der Waals surface area contributed by atoms with Crippen LogP contribution in [0.3, 0.4) is 0 Å². The summed E-state index contributed by atoms with van der Waals surface area (Å²) in [6.07, 6.45) is 2.70. The maximum Gasteiger partial charge on any atom is 0.331 e. The SMILES string of the molecule is COc1cc(OC)c(OC)cc1/C=C/C(=O)OCC(=O)c1ccc(NC(=O)C(C)(C)C)cc1. The number of nitrogens with one attached hydrogen (secondary N) is 1. The Hall–Kier alpha value is -3.81. The second-order valence-corrected chi connectivity index (χ2v) is 8.09. The van der Waals surface area contributed by atoms with E-state index in [0.717, 1.165) is 0 Å². The van der Waals surface area contributed by atoms with Gasteiger partial charge in [0.15, 0.2) is 23.9 Å². The Labute approximate surface area is 193 Å². The molecule has 0 radical (unpaired) electrons. The lowest BCUT2D eigenvalue weighted by Crippen LogP contribution is -2.27. The molecule has 2 rings (SSSR count). The number of rotatable bonds is 9. The van der Waals surface area contributed by atoms with Gasteiger partial charge in [-0.1, -0.05) is 20.8 Å². The minimum absolute atomic E-state index is 0.131. The number of ether oxygens (including phenoxy) is 4. The van der Waals surface area contributed by atoms with Crippen LogP contribution in [-0.4, -0.2) is 45.6 Å². The van der Waals surface area contributed by atoms with Crippen molar-refractivity contribution in [1.82, 2.24) is 0 Å². The van der Waals surface area contributed by atoms with Crippen molar-refractivity contribution in [1.29, 1.82) is 0 Å². The molecule has 0 heterocycles. The van der Waals surface area contributed by atoms with Gasteiger partial charge in [-0.05, 0) is 36.4 Å². The molecule has 0 unspecified atom stereocenters. The van der Waals surface area contributed by atoms with E-state index < -0.39 is 18.0 Å². The molecule has 0 fully saturated rings. The van der Waals surface area contributed by atoms with Gasteiger partial charge in [-0.2, -0.15) is 0 Å². The fourth-order valence-corrected chi connectivity index (χ4v) is 2.67. The molecule has 0 aliphatic carbocycles. The van der Waals surface area contributed by atoms with E-state index in [4.69, 9.17) is 18.9 Å². The van der Waals surface area contributed by atoms with Crippen LogP contribution in [0.1, 0.15) is 36.7 Å². The molecular formula is C25H29NO7. The lowest BCUT2D eigenvalue weighted by molar-refractivity contribution is -0.136. The summed E-state index contributed by atoms with van der Waals surface area (Å²) in [4.78, 5) is 36.5. The summed E-state index contributed by atoms with van der Waals surface area (Å²) >= 11 is 0. The molecular weight excluding hydrogens is 426 g/mol. The zero-order chi connectivity index (χ0) is 24.6. The Morgan fingerprint density at radius 3 is 2.00 bits per heavy atom. The van der Waals surface area contributed by atoms with Crippen LogP contribution in [0.2, 0.25) is 0 Å². The van der Waals surface area contributed by atoms with Gasteiger partial charge in [0.05, 0.1) is 21.3 Å². The minimum Gasteiger partial charge on any atom is -0.496 e. The maximum absolute atomic E-state index is 12.3.